The van der Waals surface area contributed by atoms with E-state index in [2.05, 4.69) is 21.5 Å². The Labute approximate surface area is 98.2 Å². The molecule has 0 atom stereocenters. The number of nitrogen functional groups attached to an aromatic ring is 1. The molecule has 0 fully saturated rings. The quantitative estimate of drug-likeness (QED) is 0.771. The molecular weight excluding hydrogens is 218 g/mol. The van der Waals surface area contributed by atoms with Crippen LogP contribution >= 0.6 is 0 Å². The molecule has 90 valence electrons. The number of aromatic nitrogens is 4. The maximum atomic E-state index is 12.1. The highest BCUT2D eigenvalue weighted by Gasteiger charge is 2.12. The SMILES string of the molecule is C=C(Cn1c(N)nc2nc[nH]c2c1=O)C(C)C. The lowest BCUT2D eigenvalue weighted by atomic mass is 10.1. The fourth-order valence-electron chi connectivity index (χ4n) is 1.48. The van der Waals surface area contributed by atoms with Crippen molar-refractivity contribution in [2.45, 2.75) is 20.4 Å². The molecule has 3 N–H and O–H groups in total. The number of rotatable bonds is 3. The number of nitrogens with one attached hydrogen (secondary N) is 1. The monoisotopic (exact) mass is 233 g/mol. The number of H-pyrrole nitrogens is 1. The van der Waals surface area contributed by atoms with Gasteiger partial charge in [-0.05, 0) is 5.92 Å². The molecule has 0 aromatic carbocycles. The minimum atomic E-state index is -0.216. The average Bonchev–Trinajstić information content (AvgIpc) is 2.71. The first-order chi connectivity index (χ1) is 8.00. The summed E-state index contributed by atoms with van der Waals surface area (Å²) in [4.78, 5) is 22.8. The van der Waals surface area contributed by atoms with E-state index in [1.165, 1.54) is 10.9 Å². The summed E-state index contributed by atoms with van der Waals surface area (Å²) in [5.74, 6) is 0.454. The first-order valence-corrected chi connectivity index (χ1v) is 5.37. The van der Waals surface area contributed by atoms with Gasteiger partial charge in [-0.2, -0.15) is 4.98 Å². The van der Waals surface area contributed by atoms with Crippen LogP contribution in [0.3, 0.4) is 0 Å². The molecule has 0 aliphatic heterocycles. The average molecular weight is 233 g/mol. The second-order valence-electron chi connectivity index (χ2n) is 4.28. The molecule has 2 aromatic heterocycles. The summed E-state index contributed by atoms with van der Waals surface area (Å²) >= 11 is 0. The van der Waals surface area contributed by atoms with Gasteiger partial charge in [-0.1, -0.05) is 26.0 Å². The highest BCUT2D eigenvalue weighted by atomic mass is 16.1. The van der Waals surface area contributed by atoms with Crippen LogP contribution < -0.4 is 11.3 Å². The van der Waals surface area contributed by atoms with E-state index in [0.29, 0.717) is 23.6 Å². The van der Waals surface area contributed by atoms with Gasteiger partial charge < -0.3 is 10.7 Å². The Morgan fingerprint density at radius 1 is 1.65 bits per heavy atom. The fourth-order valence-corrected chi connectivity index (χ4v) is 1.48. The van der Waals surface area contributed by atoms with E-state index in [0.717, 1.165) is 5.57 Å². The molecule has 0 radical (unpaired) electrons. The van der Waals surface area contributed by atoms with Crippen LogP contribution in [-0.4, -0.2) is 19.5 Å². The molecule has 0 bridgehead atoms. The van der Waals surface area contributed by atoms with Crippen molar-refractivity contribution in [2.24, 2.45) is 5.92 Å². The van der Waals surface area contributed by atoms with Crippen molar-refractivity contribution < 1.29 is 0 Å². The third-order valence-corrected chi connectivity index (χ3v) is 2.75. The maximum absolute atomic E-state index is 12.1. The van der Waals surface area contributed by atoms with Crippen molar-refractivity contribution in [3.63, 3.8) is 0 Å². The molecule has 0 amide bonds. The van der Waals surface area contributed by atoms with Gasteiger partial charge in [0.25, 0.3) is 5.56 Å². The summed E-state index contributed by atoms with van der Waals surface area (Å²) in [7, 11) is 0. The number of allylic oxidation sites excluding steroid dienone is 1. The number of anilines is 1. The Hall–Kier alpha value is -2.11. The van der Waals surface area contributed by atoms with Crippen LogP contribution in [-0.2, 0) is 6.54 Å². The van der Waals surface area contributed by atoms with Gasteiger partial charge in [0.2, 0.25) is 5.95 Å². The van der Waals surface area contributed by atoms with Crippen LogP contribution in [0.4, 0.5) is 5.95 Å². The topological polar surface area (TPSA) is 89.6 Å². The molecule has 0 aliphatic carbocycles. The second kappa shape index (κ2) is 4.04. The van der Waals surface area contributed by atoms with Crippen LogP contribution in [0, 0.1) is 5.92 Å². The van der Waals surface area contributed by atoms with Crippen LogP contribution in [0.1, 0.15) is 13.8 Å². The predicted molar refractivity (Wildman–Crippen MR) is 66.5 cm³/mol. The number of aromatic amines is 1. The van der Waals surface area contributed by atoms with Gasteiger partial charge in [0.05, 0.1) is 12.9 Å². The smallest absolute Gasteiger partial charge is 0.281 e. The van der Waals surface area contributed by atoms with Crippen molar-refractivity contribution in [1.29, 1.82) is 0 Å². The molecule has 0 saturated heterocycles. The van der Waals surface area contributed by atoms with Crippen LogP contribution in [0.15, 0.2) is 23.3 Å². The molecule has 0 saturated carbocycles. The van der Waals surface area contributed by atoms with E-state index >= 15 is 0 Å². The van der Waals surface area contributed by atoms with E-state index in [-0.39, 0.29) is 11.5 Å². The number of fused-ring (bicyclic) bond motifs is 1. The van der Waals surface area contributed by atoms with Crippen molar-refractivity contribution in [3.8, 4) is 0 Å². The van der Waals surface area contributed by atoms with Gasteiger partial charge in [-0.15, -0.1) is 0 Å². The minimum Gasteiger partial charge on any atom is -0.369 e. The van der Waals surface area contributed by atoms with E-state index in [1.807, 2.05) is 13.8 Å². The molecule has 0 aliphatic rings. The third-order valence-electron chi connectivity index (χ3n) is 2.75. The van der Waals surface area contributed by atoms with Gasteiger partial charge in [0.15, 0.2) is 11.2 Å². The largest absolute Gasteiger partial charge is 0.369 e. The van der Waals surface area contributed by atoms with E-state index in [4.69, 9.17) is 5.73 Å². The third kappa shape index (κ3) is 1.93. The molecular formula is C11H15N5O. The number of imidazole rings is 1. The van der Waals surface area contributed by atoms with Crippen LogP contribution in [0.2, 0.25) is 0 Å². The summed E-state index contributed by atoms with van der Waals surface area (Å²) in [5.41, 5.74) is 7.18. The van der Waals surface area contributed by atoms with Gasteiger partial charge in [-0.3, -0.25) is 9.36 Å². The Morgan fingerprint density at radius 3 is 3.00 bits per heavy atom. The highest BCUT2D eigenvalue weighted by molar-refractivity contribution is 5.69. The summed E-state index contributed by atoms with van der Waals surface area (Å²) in [5, 5.41) is 0. The second-order valence-corrected chi connectivity index (χ2v) is 4.28. The number of nitrogens with zero attached hydrogens (tertiary/aromatic N) is 3. The zero-order valence-electron chi connectivity index (χ0n) is 9.90. The fraction of sp³-hybridized carbons (Fsp3) is 0.364. The summed E-state index contributed by atoms with van der Waals surface area (Å²) in [6.45, 7) is 8.35. The lowest BCUT2D eigenvalue weighted by Crippen LogP contribution is -2.26. The molecule has 2 rings (SSSR count). The molecule has 6 nitrogen and oxygen atoms in total. The van der Waals surface area contributed by atoms with Crippen molar-refractivity contribution >= 4 is 17.1 Å². The summed E-state index contributed by atoms with van der Waals surface area (Å²) < 4.78 is 1.41. The Kier molecular flexibility index (Phi) is 2.71. The maximum Gasteiger partial charge on any atom is 0.281 e. The van der Waals surface area contributed by atoms with Gasteiger partial charge in [-0.25, -0.2) is 4.98 Å². The molecule has 17 heavy (non-hydrogen) atoms. The summed E-state index contributed by atoms with van der Waals surface area (Å²) in [6.07, 6.45) is 1.43. The zero-order chi connectivity index (χ0) is 12.6. The minimum absolute atomic E-state index is 0.163. The van der Waals surface area contributed by atoms with Gasteiger partial charge in [0, 0.05) is 0 Å². The van der Waals surface area contributed by atoms with Crippen molar-refractivity contribution in [2.75, 3.05) is 5.73 Å². The standard InChI is InChI=1S/C11H15N5O/c1-6(2)7(3)4-16-10(17)8-9(14-5-13-8)15-11(16)12/h5-6H,3-4H2,1-2H3,(H2,12,15)(H,13,14). The van der Waals surface area contributed by atoms with E-state index in [9.17, 15) is 4.79 Å². The lowest BCUT2D eigenvalue weighted by Gasteiger charge is -2.13. The zero-order valence-corrected chi connectivity index (χ0v) is 9.90. The number of nitrogens with two attached hydrogens (primary N) is 1. The molecule has 0 spiro atoms. The first-order valence-electron chi connectivity index (χ1n) is 5.37. The first kappa shape index (κ1) is 11.4. The summed E-state index contributed by atoms with van der Waals surface area (Å²) in [6, 6.07) is 0. The number of hydrogen-bond acceptors (Lipinski definition) is 4. The highest BCUT2D eigenvalue weighted by Crippen LogP contribution is 2.11. The van der Waals surface area contributed by atoms with Crippen LogP contribution in [0.5, 0.6) is 0 Å². The normalized spacial score (nSPS) is 11.2. The molecule has 6 heteroatoms. The van der Waals surface area contributed by atoms with Crippen LogP contribution in [0.25, 0.3) is 11.2 Å². The van der Waals surface area contributed by atoms with Crippen molar-refractivity contribution in [1.82, 2.24) is 19.5 Å². The molecule has 2 heterocycles. The Balaban J connectivity index is 2.53. The Morgan fingerprint density at radius 2 is 2.35 bits per heavy atom. The van der Waals surface area contributed by atoms with E-state index < -0.39 is 0 Å². The Bertz CT molecular complexity index is 622. The van der Waals surface area contributed by atoms with Gasteiger partial charge in [0.1, 0.15) is 0 Å². The lowest BCUT2D eigenvalue weighted by molar-refractivity contribution is 0.650. The van der Waals surface area contributed by atoms with Crippen molar-refractivity contribution in [3.05, 3.63) is 28.8 Å². The molecule has 2 aromatic rings. The van der Waals surface area contributed by atoms with Gasteiger partial charge >= 0.3 is 0 Å². The number of hydrogen-bond donors (Lipinski definition) is 2. The predicted octanol–water partition coefficient (Wildman–Crippen LogP) is 0.914. The van der Waals surface area contributed by atoms with E-state index in [1.54, 1.807) is 0 Å². The molecule has 0 unspecified atom stereocenters.